The van der Waals surface area contributed by atoms with Crippen LogP contribution in [0.2, 0.25) is 0 Å². The zero-order valence-electron chi connectivity index (χ0n) is 13.1. The van der Waals surface area contributed by atoms with Crippen LogP contribution < -0.4 is 0 Å². The zero-order valence-corrected chi connectivity index (χ0v) is 15.6. The van der Waals surface area contributed by atoms with Gasteiger partial charge in [0.1, 0.15) is 11.5 Å². The smallest absolute Gasteiger partial charge is 0.416 e. The predicted molar refractivity (Wildman–Crippen MR) is 75.7 cm³/mol. The summed E-state index contributed by atoms with van der Waals surface area (Å²) in [6.07, 6.45) is -8.67. The summed E-state index contributed by atoms with van der Waals surface area (Å²) in [5.41, 5.74) is -1.02. The normalized spacial score (nSPS) is 11.2. The average Bonchev–Trinajstić information content (AvgIpc) is 2.43. The third-order valence-corrected chi connectivity index (χ3v) is 3.05. The first kappa shape index (κ1) is 23.5. The standard InChI is InChI=1S/2C8H7F3O.Zr/c2*1-5-4-6(8(9,10)11)2-3-7(5)12;/h2*2-4,12H,1H3;. The van der Waals surface area contributed by atoms with Gasteiger partial charge in [-0.25, -0.2) is 0 Å². The molecular weight excluding hydrogens is 429 g/mol. The van der Waals surface area contributed by atoms with Gasteiger partial charge < -0.3 is 10.2 Å². The van der Waals surface area contributed by atoms with Gasteiger partial charge in [0, 0.05) is 26.2 Å². The van der Waals surface area contributed by atoms with E-state index in [0.717, 1.165) is 36.4 Å². The monoisotopic (exact) mass is 442 g/mol. The maximum atomic E-state index is 12.0. The fraction of sp³-hybridized carbons (Fsp3) is 0.250. The van der Waals surface area contributed by atoms with Crippen molar-refractivity contribution in [3.63, 3.8) is 0 Å². The molecule has 0 heterocycles. The molecule has 0 unspecified atom stereocenters. The van der Waals surface area contributed by atoms with E-state index in [1.807, 2.05) is 0 Å². The van der Waals surface area contributed by atoms with E-state index in [1.54, 1.807) is 0 Å². The Morgan fingerprint density at radius 1 is 0.640 bits per heavy atom. The molecule has 2 N–H and O–H groups in total. The van der Waals surface area contributed by atoms with E-state index in [9.17, 15) is 26.3 Å². The van der Waals surface area contributed by atoms with Gasteiger partial charge in [-0.05, 0) is 61.4 Å². The first-order chi connectivity index (χ1) is 10.8. The summed E-state index contributed by atoms with van der Waals surface area (Å²) in [4.78, 5) is 0. The van der Waals surface area contributed by atoms with E-state index in [0.29, 0.717) is 0 Å². The Kier molecular flexibility index (Phi) is 8.22. The minimum Gasteiger partial charge on any atom is -0.508 e. The van der Waals surface area contributed by atoms with Gasteiger partial charge in [-0.2, -0.15) is 26.3 Å². The largest absolute Gasteiger partial charge is 0.508 e. The molecule has 0 spiro atoms. The molecule has 0 aromatic heterocycles. The van der Waals surface area contributed by atoms with Gasteiger partial charge in [0.15, 0.2) is 0 Å². The van der Waals surface area contributed by atoms with E-state index in [4.69, 9.17) is 10.2 Å². The molecule has 2 rings (SSSR count). The van der Waals surface area contributed by atoms with Crippen LogP contribution in [-0.2, 0) is 38.6 Å². The minimum atomic E-state index is -4.33. The number of hydrogen-bond acceptors (Lipinski definition) is 2. The topological polar surface area (TPSA) is 40.5 Å². The van der Waals surface area contributed by atoms with Crippen LogP contribution in [0.1, 0.15) is 22.3 Å². The van der Waals surface area contributed by atoms with Gasteiger partial charge in [-0.15, -0.1) is 0 Å². The molecule has 0 bridgehead atoms. The van der Waals surface area contributed by atoms with Gasteiger partial charge in [0.05, 0.1) is 11.1 Å². The molecule has 2 nitrogen and oxygen atoms in total. The SMILES string of the molecule is Cc1cc(C(F)(F)F)ccc1O.Cc1cc(C(F)(F)F)ccc1O.[Zr]. The third kappa shape index (κ3) is 7.10. The van der Waals surface area contributed by atoms with Crippen molar-refractivity contribution >= 4 is 0 Å². The average molecular weight is 443 g/mol. The van der Waals surface area contributed by atoms with Crippen LogP contribution in [0.3, 0.4) is 0 Å². The van der Waals surface area contributed by atoms with Crippen LogP contribution in [0.15, 0.2) is 36.4 Å². The summed E-state index contributed by atoms with van der Waals surface area (Å²) >= 11 is 0. The van der Waals surface area contributed by atoms with Gasteiger partial charge in [-0.1, -0.05) is 0 Å². The van der Waals surface area contributed by atoms with Crippen molar-refractivity contribution in [2.75, 3.05) is 0 Å². The number of halogens is 6. The molecule has 9 heteroatoms. The molecule has 2 aromatic rings. The number of alkyl halides is 6. The van der Waals surface area contributed by atoms with Crippen molar-refractivity contribution in [3.05, 3.63) is 58.7 Å². The first-order valence-corrected chi connectivity index (χ1v) is 6.56. The molecule has 0 atom stereocenters. The molecule has 0 saturated carbocycles. The molecule has 2 aromatic carbocycles. The van der Waals surface area contributed by atoms with Crippen molar-refractivity contribution in [1.29, 1.82) is 0 Å². The second-order valence-corrected chi connectivity index (χ2v) is 5.00. The quantitative estimate of drug-likeness (QED) is 0.533. The van der Waals surface area contributed by atoms with Gasteiger partial charge >= 0.3 is 12.4 Å². The fourth-order valence-electron chi connectivity index (χ4n) is 1.66. The van der Waals surface area contributed by atoms with Crippen LogP contribution in [-0.4, -0.2) is 10.2 Å². The van der Waals surface area contributed by atoms with Crippen molar-refractivity contribution < 1.29 is 62.8 Å². The summed E-state index contributed by atoms with van der Waals surface area (Å²) in [6.45, 7) is 2.84. The van der Waals surface area contributed by atoms with Crippen LogP contribution >= 0.6 is 0 Å². The molecule has 0 fully saturated rings. The van der Waals surface area contributed by atoms with Crippen LogP contribution in [0.4, 0.5) is 26.3 Å². The summed E-state index contributed by atoms with van der Waals surface area (Å²) in [5.74, 6) is -0.244. The summed E-state index contributed by atoms with van der Waals surface area (Å²) in [5, 5.41) is 17.9. The van der Waals surface area contributed by atoms with E-state index >= 15 is 0 Å². The number of aryl methyl sites for hydroxylation is 2. The fourth-order valence-corrected chi connectivity index (χ4v) is 1.66. The molecule has 0 radical (unpaired) electrons. The number of phenolic OH excluding ortho intramolecular Hbond substituents is 2. The Hall–Kier alpha value is -1.50. The van der Waals surface area contributed by atoms with E-state index in [1.165, 1.54) is 13.8 Å². The van der Waals surface area contributed by atoms with Crippen molar-refractivity contribution in [2.24, 2.45) is 0 Å². The zero-order chi connectivity index (χ0) is 18.7. The third-order valence-electron chi connectivity index (χ3n) is 3.05. The second kappa shape index (κ2) is 8.74. The van der Waals surface area contributed by atoms with Gasteiger partial charge in [-0.3, -0.25) is 0 Å². The molecule has 0 amide bonds. The number of phenols is 2. The number of benzene rings is 2. The molecule has 0 saturated heterocycles. The van der Waals surface area contributed by atoms with E-state index in [2.05, 4.69) is 0 Å². The number of aromatic hydroxyl groups is 2. The summed E-state index contributed by atoms with van der Waals surface area (Å²) in [7, 11) is 0. The molecule has 0 aliphatic rings. The number of rotatable bonds is 0. The Balaban J connectivity index is 0.000000443. The first-order valence-electron chi connectivity index (χ1n) is 6.56. The second-order valence-electron chi connectivity index (χ2n) is 5.00. The Morgan fingerprint density at radius 2 is 0.920 bits per heavy atom. The minimum absolute atomic E-state index is 0. The maximum Gasteiger partial charge on any atom is 0.416 e. The summed E-state index contributed by atoms with van der Waals surface area (Å²) < 4.78 is 72.1. The molecule has 0 aliphatic carbocycles. The van der Waals surface area contributed by atoms with E-state index < -0.39 is 23.5 Å². The summed E-state index contributed by atoms with van der Waals surface area (Å²) in [6, 6.07) is 5.60. The van der Waals surface area contributed by atoms with Crippen molar-refractivity contribution in [3.8, 4) is 11.5 Å². The molecule has 0 aliphatic heterocycles. The Bertz CT molecular complexity index is 649. The van der Waals surface area contributed by atoms with Crippen molar-refractivity contribution in [1.82, 2.24) is 0 Å². The van der Waals surface area contributed by atoms with Gasteiger partial charge in [0.25, 0.3) is 0 Å². The number of hydrogen-bond donors (Lipinski definition) is 2. The van der Waals surface area contributed by atoms with Crippen LogP contribution in [0, 0.1) is 13.8 Å². The molecule has 136 valence electrons. The molecule has 25 heavy (non-hydrogen) atoms. The van der Waals surface area contributed by atoms with Gasteiger partial charge in [0.2, 0.25) is 0 Å². The predicted octanol–water partition coefficient (Wildman–Crippen LogP) is 5.44. The van der Waals surface area contributed by atoms with Crippen molar-refractivity contribution in [2.45, 2.75) is 26.2 Å². The van der Waals surface area contributed by atoms with Crippen LogP contribution in [0.5, 0.6) is 11.5 Å². The van der Waals surface area contributed by atoms with E-state index in [-0.39, 0.29) is 48.8 Å². The maximum absolute atomic E-state index is 12.0. The Morgan fingerprint density at radius 3 is 1.12 bits per heavy atom. The Labute approximate surface area is 159 Å². The molecular formula is C16H14F6O2Zr. The van der Waals surface area contributed by atoms with Crippen LogP contribution in [0.25, 0.3) is 0 Å².